The van der Waals surface area contributed by atoms with E-state index in [1.807, 2.05) is 0 Å². The van der Waals surface area contributed by atoms with Crippen LogP contribution in [0.3, 0.4) is 0 Å². The summed E-state index contributed by atoms with van der Waals surface area (Å²) in [5.41, 5.74) is 1.25. The highest BCUT2D eigenvalue weighted by Crippen LogP contribution is 2.38. The van der Waals surface area contributed by atoms with Gasteiger partial charge in [0.1, 0.15) is 18.2 Å². The Morgan fingerprint density at radius 3 is 2.32 bits per heavy atom. The molecule has 7 heteroatoms. The summed E-state index contributed by atoms with van der Waals surface area (Å²) < 4.78 is 18.8. The van der Waals surface area contributed by atoms with Gasteiger partial charge in [0.05, 0.1) is 11.3 Å². The summed E-state index contributed by atoms with van der Waals surface area (Å²) in [5.74, 6) is -1.26. The standard InChI is InChI=1S/C27H33FN2O4/c1-2-3-4-5-6-7-8-11-18-34-19-24(31)25-22-12-9-10-13-23(22)30(26(25)32)27(33)29-21-16-14-20(28)15-17-21/h9-10,12-17,31H,2-8,11,18-19H2,1H3,(H,29,33). The minimum absolute atomic E-state index is 0.0563. The normalized spacial score (nSPS) is 14.3. The van der Waals surface area contributed by atoms with Crippen molar-refractivity contribution in [3.8, 4) is 0 Å². The summed E-state index contributed by atoms with van der Waals surface area (Å²) in [5, 5.41) is 13.2. The Kier molecular flexibility index (Phi) is 9.64. The zero-order chi connectivity index (χ0) is 24.3. The van der Waals surface area contributed by atoms with Gasteiger partial charge < -0.3 is 15.2 Å². The Balaban J connectivity index is 1.57. The first-order chi connectivity index (χ1) is 16.5. The Morgan fingerprint density at radius 1 is 0.971 bits per heavy atom. The van der Waals surface area contributed by atoms with Gasteiger partial charge in [-0.1, -0.05) is 70.1 Å². The molecule has 2 N–H and O–H groups in total. The molecule has 34 heavy (non-hydrogen) atoms. The van der Waals surface area contributed by atoms with Crippen LogP contribution < -0.4 is 10.2 Å². The first-order valence-electron chi connectivity index (χ1n) is 12.0. The van der Waals surface area contributed by atoms with Crippen molar-refractivity contribution in [1.29, 1.82) is 0 Å². The minimum Gasteiger partial charge on any atom is -0.509 e. The number of nitrogens with one attached hydrogen (secondary N) is 1. The number of ether oxygens (including phenoxy) is 1. The van der Waals surface area contributed by atoms with Gasteiger partial charge in [0.25, 0.3) is 5.91 Å². The molecule has 182 valence electrons. The second-order valence-electron chi connectivity index (χ2n) is 8.44. The number of unbranched alkanes of at least 4 members (excludes halogenated alkanes) is 7. The number of aliphatic hydroxyl groups is 1. The number of hydrogen-bond donors (Lipinski definition) is 2. The lowest BCUT2D eigenvalue weighted by Crippen LogP contribution is -2.37. The van der Waals surface area contributed by atoms with Crippen LogP contribution in [0.15, 0.2) is 54.3 Å². The molecule has 0 bridgehead atoms. The second kappa shape index (κ2) is 12.9. The molecular formula is C27H33FN2O4. The number of fused-ring (bicyclic) bond motifs is 1. The molecule has 6 nitrogen and oxygen atoms in total. The number of imide groups is 1. The second-order valence-corrected chi connectivity index (χ2v) is 8.44. The van der Waals surface area contributed by atoms with Crippen LogP contribution in [0.5, 0.6) is 0 Å². The van der Waals surface area contributed by atoms with Crippen LogP contribution in [-0.2, 0) is 9.53 Å². The van der Waals surface area contributed by atoms with E-state index in [1.165, 1.54) is 62.8 Å². The molecule has 0 spiro atoms. The Morgan fingerprint density at radius 2 is 1.62 bits per heavy atom. The van der Waals surface area contributed by atoms with E-state index >= 15 is 0 Å². The smallest absolute Gasteiger partial charge is 0.333 e. The highest BCUT2D eigenvalue weighted by Gasteiger charge is 2.38. The summed E-state index contributed by atoms with van der Waals surface area (Å²) in [6.45, 7) is 2.61. The van der Waals surface area contributed by atoms with Crippen molar-refractivity contribution >= 4 is 28.9 Å². The van der Waals surface area contributed by atoms with Crippen LogP contribution in [0.4, 0.5) is 20.6 Å². The molecule has 0 atom stereocenters. The molecule has 0 fully saturated rings. The lowest BCUT2D eigenvalue weighted by atomic mass is 10.1. The van der Waals surface area contributed by atoms with Gasteiger partial charge in [-0.25, -0.2) is 14.1 Å². The van der Waals surface area contributed by atoms with Crippen LogP contribution in [0.1, 0.15) is 63.9 Å². The molecule has 1 aliphatic heterocycles. The number of carbonyl (C=O) groups is 2. The van der Waals surface area contributed by atoms with Gasteiger partial charge in [0, 0.05) is 17.9 Å². The van der Waals surface area contributed by atoms with E-state index in [9.17, 15) is 19.1 Å². The van der Waals surface area contributed by atoms with Gasteiger partial charge in [-0.05, 0) is 36.8 Å². The first kappa shape index (κ1) is 25.4. The molecular weight excluding hydrogens is 435 g/mol. The lowest BCUT2D eigenvalue weighted by Gasteiger charge is -2.16. The maximum absolute atomic E-state index is 13.1. The molecule has 0 aromatic heterocycles. The van der Waals surface area contributed by atoms with Gasteiger partial charge in [0.15, 0.2) is 0 Å². The Bertz CT molecular complexity index is 1000. The van der Waals surface area contributed by atoms with Crippen LogP contribution in [-0.4, -0.2) is 30.3 Å². The van der Waals surface area contributed by atoms with Crippen molar-refractivity contribution in [2.24, 2.45) is 0 Å². The molecule has 1 aliphatic rings. The summed E-state index contributed by atoms with van der Waals surface area (Å²) in [6.07, 6.45) is 9.48. The fourth-order valence-corrected chi connectivity index (χ4v) is 3.99. The van der Waals surface area contributed by atoms with Gasteiger partial charge in [-0.15, -0.1) is 0 Å². The fourth-order valence-electron chi connectivity index (χ4n) is 3.99. The summed E-state index contributed by atoms with van der Waals surface area (Å²) in [4.78, 5) is 26.9. The topological polar surface area (TPSA) is 78.9 Å². The van der Waals surface area contributed by atoms with Crippen molar-refractivity contribution in [1.82, 2.24) is 0 Å². The number of anilines is 2. The molecule has 1 heterocycles. The van der Waals surface area contributed by atoms with Crippen molar-refractivity contribution in [2.45, 2.75) is 58.3 Å². The number of hydrogen-bond acceptors (Lipinski definition) is 4. The molecule has 0 saturated carbocycles. The maximum Gasteiger partial charge on any atom is 0.333 e. The number of carbonyl (C=O) groups excluding carboxylic acids is 2. The van der Waals surface area contributed by atoms with Crippen molar-refractivity contribution in [3.05, 3.63) is 65.7 Å². The molecule has 2 aromatic carbocycles. The predicted molar refractivity (Wildman–Crippen MR) is 132 cm³/mol. The molecule has 0 saturated heterocycles. The number of amides is 3. The third-order valence-electron chi connectivity index (χ3n) is 5.80. The Hall–Kier alpha value is -3.19. The van der Waals surface area contributed by atoms with Gasteiger partial charge in [-0.2, -0.15) is 0 Å². The molecule has 3 amide bonds. The van der Waals surface area contributed by atoms with Gasteiger partial charge >= 0.3 is 6.03 Å². The fraction of sp³-hybridized carbons (Fsp3) is 0.407. The SMILES string of the molecule is CCCCCCCCCCOCC(O)=C1C(=O)N(C(=O)Nc2ccc(F)cc2)c2ccccc21. The van der Waals surface area contributed by atoms with E-state index in [4.69, 9.17) is 4.74 Å². The largest absolute Gasteiger partial charge is 0.509 e. The Labute approximate surface area is 200 Å². The van der Waals surface area contributed by atoms with Gasteiger partial charge in [0.2, 0.25) is 0 Å². The van der Waals surface area contributed by atoms with E-state index < -0.39 is 17.8 Å². The van der Waals surface area contributed by atoms with Gasteiger partial charge in [-0.3, -0.25) is 4.79 Å². The number of benzene rings is 2. The summed E-state index contributed by atoms with van der Waals surface area (Å²) >= 11 is 0. The summed E-state index contributed by atoms with van der Waals surface area (Å²) in [7, 11) is 0. The van der Waals surface area contributed by atoms with E-state index in [1.54, 1.807) is 24.3 Å². The maximum atomic E-state index is 13.1. The van der Waals surface area contributed by atoms with E-state index in [-0.39, 0.29) is 17.9 Å². The molecule has 0 unspecified atom stereocenters. The third kappa shape index (κ3) is 6.67. The molecule has 3 rings (SSSR count). The average Bonchev–Trinajstić information content (AvgIpc) is 3.13. The van der Waals surface area contributed by atoms with Crippen molar-refractivity contribution < 1.29 is 23.8 Å². The first-order valence-corrected chi connectivity index (χ1v) is 12.0. The third-order valence-corrected chi connectivity index (χ3v) is 5.80. The molecule has 2 aromatic rings. The van der Waals surface area contributed by atoms with Crippen LogP contribution in [0.25, 0.3) is 5.57 Å². The van der Waals surface area contributed by atoms with Crippen LogP contribution >= 0.6 is 0 Å². The molecule has 0 radical (unpaired) electrons. The van der Waals surface area contributed by atoms with Crippen molar-refractivity contribution in [3.63, 3.8) is 0 Å². The zero-order valence-electron chi connectivity index (χ0n) is 19.7. The van der Waals surface area contributed by atoms with E-state index in [0.29, 0.717) is 23.5 Å². The highest BCUT2D eigenvalue weighted by atomic mass is 19.1. The molecule has 0 aliphatic carbocycles. The van der Waals surface area contributed by atoms with E-state index in [2.05, 4.69) is 12.2 Å². The van der Waals surface area contributed by atoms with Crippen LogP contribution in [0.2, 0.25) is 0 Å². The zero-order valence-corrected chi connectivity index (χ0v) is 19.7. The van der Waals surface area contributed by atoms with E-state index in [0.717, 1.165) is 17.7 Å². The van der Waals surface area contributed by atoms with Crippen LogP contribution in [0, 0.1) is 5.82 Å². The number of aliphatic hydroxyl groups excluding tert-OH is 1. The predicted octanol–water partition coefficient (Wildman–Crippen LogP) is 6.83. The highest BCUT2D eigenvalue weighted by molar-refractivity contribution is 6.41. The van der Waals surface area contributed by atoms with Crippen molar-refractivity contribution in [2.75, 3.05) is 23.4 Å². The number of nitrogens with zero attached hydrogens (tertiary/aromatic N) is 1. The average molecular weight is 469 g/mol. The summed E-state index contributed by atoms with van der Waals surface area (Å²) in [6, 6.07) is 11.3. The number of urea groups is 1. The quantitative estimate of drug-likeness (QED) is 0.203. The minimum atomic E-state index is -0.688. The lowest BCUT2D eigenvalue weighted by molar-refractivity contribution is -0.112. The number of rotatable bonds is 12. The monoisotopic (exact) mass is 468 g/mol. The number of halogens is 1. The number of para-hydroxylation sites is 1.